The minimum Gasteiger partial charge on any atom is -0.229 e. The lowest BCUT2D eigenvalue weighted by atomic mass is 10.1. The molecule has 15 heavy (non-hydrogen) atoms. The van der Waals surface area contributed by atoms with E-state index in [2.05, 4.69) is 48.5 Å². The van der Waals surface area contributed by atoms with Crippen molar-refractivity contribution in [2.75, 3.05) is 12.5 Å². The van der Waals surface area contributed by atoms with Gasteiger partial charge in [-0.3, -0.25) is 0 Å². The molecule has 0 radical (unpaired) electrons. The van der Waals surface area contributed by atoms with E-state index in [1.54, 1.807) is 0 Å². The first-order valence-electron chi connectivity index (χ1n) is 4.55. The van der Waals surface area contributed by atoms with Crippen molar-refractivity contribution < 1.29 is 8.42 Å². The van der Waals surface area contributed by atoms with Gasteiger partial charge in [0.1, 0.15) is 9.84 Å². The van der Waals surface area contributed by atoms with Crippen LogP contribution in [0.4, 0.5) is 0 Å². The zero-order chi connectivity index (χ0) is 11.3. The first kappa shape index (κ1) is 11.7. The molecule has 0 aliphatic carbocycles. The first-order valence-corrected chi connectivity index (χ1v) is 6.85. The summed E-state index contributed by atoms with van der Waals surface area (Å²) >= 11 is 0. The Morgan fingerprint density at radius 3 is 1.13 bits per heavy atom. The molecular weight excluding hydrogens is 208 g/mol. The van der Waals surface area contributed by atoms with Crippen molar-refractivity contribution in [3.8, 4) is 0 Å². The standard InChI is InChI=1S/C10H8.C2H6O2S/c1-2-6-10-8-4-3-7-9(10)5-1;1-5(2,3)4/h1-8H;1-2H3. The van der Waals surface area contributed by atoms with Gasteiger partial charge in [0.05, 0.1) is 0 Å². The Hall–Kier alpha value is -1.35. The number of hydrogen-bond acceptors (Lipinski definition) is 2. The van der Waals surface area contributed by atoms with Crippen molar-refractivity contribution >= 4 is 20.6 Å². The molecular formula is C12H14O2S. The Balaban J connectivity index is 0.000000195. The zero-order valence-corrected chi connectivity index (χ0v) is 9.66. The summed E-state index contributed by atoms with van der Waals surface area (Å²) < 4.78 is 19.3. The summed E-state index contributed by atoms with van der Waals surface area (Å²) in [6.07, 6.45) is 2.32. The fourth-order valence-electron chi connectivity index (χ4n) is 1.13. The van der Waals surface area contributed by atoms with E-state index < -0.39 is 9.84 Å². The molecule has 0 aliphatic rings. The monoisotopic (exact) mass is 222 g/mol. The van der Waals surface area contributed by atoms with Crippen molar-refractivity contribution in [2.24, 2.45) is 0 Å². The fraction of sp³-hybridized carbons (Fsp3) is 0.167. The Bertz CT molecular complexity index is 457. The number of benzene rings is 2. The van der Waals surface area contributed by atoms with Crippen LogP contribution in [0.5, 0.6) is 0 Å². The second kappa shape index (κ2) is 4.94. The van der Waals surface area contributed by atoms with E-state index in [4.69, 9.17) is 0 Å². The Morgan fingerprint density at radius 1 is 0.733 bits per heavy atom. The molecule has 80 valence electrons. The minimum atomic E-state index is -2.67. The molecule has 0 amide bonds. The summed E-state index contributed by atoms with van der Waals surface area (Å²) in [6, 6.07) is 16.7. The number of hydrogen-bond donors (Lipinski definition) is 0. The summed E-state index contributed by atoms with van der Waals surface area (Å²) in [5.74, 6) is 0. The molecule has 0 heterocycles. The van der Waals surface area contributed by atoms with Gasteiger partial charge in [-0.1, -0.05) is 48.5 Å². The Morgan fingerprint density at radius 2 is 0.933 bits per heavy atom. The van der Waals surface area contributed by atoms with Crippen LogP contribution >= 0.6 is 0 Å². The maximum atomic E-state index is 9.63. The molecule has 0 atom stereocenters. The van der Waals surface area contributed by atoms with Gasteiger partial charge in [-0.15, -0.1) is 0 Å². The van der Waals surface area contributed by atoms with Crippen LogP contribution < -0.4 is 0 Å². The highest BCUT2D eigenvalue weighted by atomic mass is 32.2. The maximum Gasteiger partial charge on any atom is 0.144 e. The molecule has 2 aromatic rings. The third kappa shape index (κ3) is 5.18. The van der Waals surface area contributed by atoms with Gasteiger partial charge in [0.2, 0.25) is 0 Å². The maximum absolute atomic E-state index is 9.63. The van der Waals surface area contributed by atoms with Gasteiger partial charge in [0, 0.05) is 12.5 Å². The minimum absolute atomic E-state index is 1.16. The molecule has 2 rings (SSSR count). The van der Waals surface area contributed by atoms with E-state index >= 15 is 0 Å². The van der Waals surface area contributed by atoms with Gasteiger partial charge in [-0.05, 0) is 10.8 Å². The second-order valence-corrected chi connectivity index (χ2v) is 5.78. The highest BCUT2D eigenvalue weighted by Gasteiger charge is 1.85. The molecule has 2 nitrogen and oxygen atoms in total. The predicted molar refractivity (Wildman–Crippen MR) is 64.7 cm³/mol. The van der Waals surface area contributed by atoms with Gasteiger partial charge in [-0.25, -0.2) is 8.42 Å². The van der Waals surface area contributed by atoms with Gasteiger partial charge in [-0.2, -0.15) is 0 Å². The highest BCUT2D eigenvalue weighted by Crippen LogP contribution is 2.11. The highest BCUT2D eigenvalue weighted by molar-refractivity contribution is 7.89. The van der Waals surface area contributed by atoms with Crippen molar-refractivity contribution in [1.29, 1.82) is 0 Å². The van der Waals surface area contributed by atoms with E-state index in [1.165, 1.54) is 10.8 Å². The van der Waals surface area contributed by atoms with E-state index in [-0.39, 0.29) is 0 Å². The topological polar surface area (TPSA) is 34.1 Å². The molecule has 0 bridgehead atoms. The molecule has 0 fully saturated rings. The molecule has 3 heteroatoms. The van der Waals surface area contributed by atoms with Crippen LogP contribution in [0.3, 0.4) is 0 Å². The smallest absolute Gasteiger partial charge is 0.144 e. The summed E-state index contributed by atoms with van der Waals surface area (Å²) in [4.78, 5) is 0. The number of fused-ring (bicyclic) bond motifs is 1. The van der Waals surface area contributed by atoms with Crippen molar-refractivity contribution in [1.82, 2.24) is 0 Å². The van der Waals surface area contributed by atoms with Crippen LogP contribution in [-0.4, -0.2) is 20.9 Å². The average molecular weight is 222 g/mol. The van der Waals surface area contributed by atoms with Crippen LogP contribution in [0, 0.1) is 0 Å². The van der Waals surface area contributed by atoms with Crippen LogP contribution in [0.25, 0.3) is 10.8 Å². The summed E-state index contributed by atoms with van der Waals surface area (Å²) in [5.41, 5.74) is 0. The Kier molecular flexibility index (Phi) is 3.86. The van der Waals surface area contributed by atoms with Gasteiger partial charge < -0.3 is 0 Å². The van der Waals surface area contributed by atoms with Crippen LogP contribution in [0.2, 0.25) is 0 Å². The third-order valence-electron chi connectivity index (χ3n) is 1.66. The van der Waals surface area contributed by atoms with Crippen LogP contribution in [0.15, 0.2) is 48.5 Å². The van der Waals surface area contributed by atoms with Gasteiger partial charge >= 0.3 is 0 Å². The molecule has 0 N–H and O–H groups in total. The molecule has 2 aromatic carbocycles. The normalized spacial score (nSPS) is 10.5. The Labute approximate surface area is 90.5 Å². The van der Waals surface area contributed by atoms with E-state index in [9.17, 15) is 8.42 Å². The van der Waals surface area contributed by atoms with Crippen molar-refractivity contribution in [3.05, 3.63) is 48.5 Å². The zero-order valence-electron chi connectivity index (χ0n) is 8.84. The van der Waals surface area contributed by atoms with Crippen molar-refractivity contribution in [2.45, 2.75) is 0 Å². The van der Waals surface area contributed by atoms with E-state index in [1.807, 2.05) is 0 Å². The number of sulfone groups is 1. The lowest BCUT2D eigenvalue weighted by Crippen LogP contribution is -1.86. The average Bonchev–Trinajstić information content (AvgIpc) is 2.16. The van der Waals surface area contributed by atoms with E-state index in [0.717, 1.165) is 12.5 Å². The summed E-state index contributed by atoms with van der Waals surface area (Å²) in [7, 11) is -2.67. The van der Waals surface area contributed by atoms with Gasteiger partial charge in [0.15, 0.2) is 0 Å². The fourth-order valence-corrected chi connectivity index (χ4v) is 1.13. The SMILES string of the molecule is CS(C)(=O)=O.c1ccc2ccccc2c1. The molecule has 0 saturated heterocycles. The summed E-state index contributed by atoms with van der Waals surface area (Å²) in [6.45, 7) is 0. The molecule has 0 spiro atoms. The largest absolute Gasteiger partial charge is 0.229 e. The molecule has 0 unspecified atom stereocenters. The van der Waals surface area contributed by atoms with E-state index in [0.29, 0.717) is 0 Å². The third-order valence-corrected chi connectivity index (χ3v) is 1.66. The van der Waals surface area contributed by atoms with Gasteiger partial charge in [0.25, 0.3) is 0 Å². The van der Waals surface area contributed by atoms with Crippen LogP contribution in [-0.2, 0) is 9.84 Å². The molecule has 0 aromatic heterocycles. The molecule has 0 saturated carbocycles. The number of rotatable bonds is 0. The first-order chi connectivity index (χ1) is 6.97. The quantitative estimate of drug-likeness (QED) is 0.686. The lowest BCUT2D eigenvalue weighted by molar-refractivity contribution is 0.607. The second-order valence-electron chi connectivity index (χ2n) is 3.49. The summed E-state index contributed by atoms with van der Waals surface area (Å²) in [5, 5.41) is 2.62. The predicted octanol–water partition coefficient (Wildman–Crippen LogP) is 2.50. The molecule has 0 aliphatic heterocycles. The van der Waals surface area contributed by atoms with Crippen LogP contribution in [0.1, 0.15) is 0 Å². The lowest BCUT2D eigenvalue weighted by Gasteiger charge is -1.92. The van der Waals surface area contributed by atoms with Crippen molar-refractivity contribution in [3.63, 3.8) is 0 Å².